The van der Waals surface area contributed by atoms with Gasteiger partial charge in [0.05, 0.1) is 15.9 Å². The summed E-state index contributed by atoms with van der Waals surface area (Å²) in [6, 6.07) is 4.74. The highest BCUT2D eigenvalue weighted by atomic mass is 35.5. The summed E-state index contributed by atoms with van der Waals surface area (Å²) in [5, 5.41) is 0.532. The van der Waals surface area contributed by atoms with Gasteiger partial charge in [0.2, 0.25) is 0 Å². The molecule has 0 heterocycles. The first-order valence-corrected chi connectivity index (χ1v) is 5.52. The Bertz CT molecular complexity index is 411. The SMILES string of the molecule is Cc1cc(Cl)ccc1CS(=O)(=O)[O-]. The van der Waals surface area contributed by atoms with Crippen LogP contribution in [0.4, 0.5) is 0 Å². The van der Waals surface area contributed by atoms with Crippen LogP contribution in [0.15, 0.2) is 18.2 Å². The molecule has 1 aromatic rings. The summed E-state index contributed by atoms with van der Waals surface area (Å²) in [6.07, 6.45) is 0. The molecule has 0 unspecified atom stereocenters. The molecule has 1 aromatic carbocycles. The molecule has 0 spiro atoms. The van der Waals surface area contributed by atoms with Crippen molar-refractivity contribution in [3.8, 4) is 0 Å². The lowest BCUT2D eigenvalue weighted by Gasteiger charge is -2.09. The van der Waals surface area contributed by atoms with E-state index in [4.69, 9.17) is 11.6 Å². The average Bonchev–Trinajstić information content (AvgIpc) is 1.93. The second-order valence-electron chi connectivity index (χ2n) is 2.77. The molecule has 0 aromatic heterocycles. The molecule has 0 aliphatic heterocycles. The van der Waals surface area contributed by atoms with E-state index in [1.807, 2.05) is 0 Å². The van der Waals surface area contributed by atoms with Gasteiger partial charge in [0, 0.05) is 5.02 Å². The lowest BCUT2D eigenvalue weighted by molar-refractivity contribution is 0.462. The summed E-state index contributed by atoms with van der Waals surface area (Å²) in [6.45, 7) is 1.71. The summed E-state index contributed by atoms with van der Waals surface area (Å²) in [4.78, 5) is 0. The Morgan fingerprint density at radius 3 is 2.54 bits per heavy atom. The standard InChI is InChI=1S/C8H9ClO3S/c1-6-4-8(9)3-2-7(6)5-13(10,11)12/h2-4H,5H2,1H3,(H,10,11,12)/p-1. The quantitative estimate of drug-likeness (QED) is 0.712. The Kier molecular flexibility index (Phi) is 2.95. The number of benzene rings is 1. The maximum absolute atomic E-state index is 10.4. The lowest BCUT2D eigenvalue weighted by atomic mass is 10.1. The van der Waals surface area contributed by atoms with Crippen molar-refractivity contribution in [2.75, 3.05) is 0 Å². The molecule has 1 rings (SSSR count). The molecule has 0 saturated heterocycles. The van der Waals surface area contributed by atoms with Gasteiger partial charge < -0.3 is 4.55 Å². The third-order valence-corrected chi connectivity index (χ3v) is 2.54. The predicted octanol–water partition coefficient (Wildman–Crippen LogP) is 1.69. The summed E-state index contributed by atoms with van der Waals surface area (Å²) >= 11 is 5.66. The van der Waals surface area contributed by atoms with Gasteiger partial charge in [0.15, 0.2) is 0 Å². The van der Waals surface area contributed by atoms with Crippen molar-refractivity contribution in [3.05, 3.63) is 34.3 Å². The van der Waals surface area contributed by atoms with Gasteiger partial charge in [-0.3, -0.25) is 0 Å². The van der Waals surface area contributed by atoms with Crippen LogP contribution in [0.25, 0.3) is 0 Å². The van der Waals surface area contributed by atoms with Gasteiger partial charge in [0.25, 0.3) is 0 Å². The highest BCUT2D eigenvalue weighted by Gasteiger charge is 2.02. The van der Waals surface area contributed by atoms with Crippen molar-refractivity contribution >= 4 is 21.7 Å². The molecule has 3 nitrogen and oxygen atoms in total. The highest BCUT2D eigenvalue weighted by Crippen LogP contribution is 2.16. The number of rotatable bonds is 2. The molecule has 5 heteroatoms. The van der Waals surface area contributed by atoms with Gasteiger partial charge in [-0.15, -0.1) is 0 Å². The zero-order valence-electron chi connectivity index (χ0n) is 6.95. The van der Waals surface area contributed by atoms with Gasteiger partial charge in [-0.05, 0) is 30.2 Å². The maximum Gasteiger partial charge on any atom is 0.0988 e. The second kappa shape index (κ2) is 3.65. The Hall–Kier alpha value is -0.580. The molecule has 0 amide bonds. The van der Waals surface area contributed by atoms with Crippen LogP contribution in [-0.2, 0) is 15.9 Å². The van der Waals surface area contributed by atoms with Gasteiger partial charge in [0.1, 0.15) is 0 Å². The van der Waals surface area contributed by atoms with E-state index in [0.29, 0.717) is 16.1 Å². The molecule has 0 atom stereocenters. The Morgan fingerprint density at radius 2 is 2.08 bits per heavy atom. The highest BCUT2D eigenvalue weighted by molar-refractivity contribution is 7.84. The van der Waals surface area contributed by atoms with Crippen molar-refractivity contribution < 1.29 is 13.0 Å². The summed E-state index contributed by atoms with van der Waals surface area (Å²) in [7, 11) is -4.21. The zero-order chi connectivity index (χ0) is 10.1. The molecule has 0 saturated carbocycles. The van der Waals surface area contributed by atoms with Crippen LogP contribution in [-0.4, -0.2) is 13.0 Å². The van der Waals surface area contributed by atoms with E-state index in [2.05, 4.69) is 0 Å². The van der Waals surface area contributed by atoms with E-state index in [1.54, 1.807) is 25.1 Å². The first kappa shape index (κ1) is 10.5. The van der Waals surface area contributed by atoms with Crippen LogP contribution in [0.1, 0.15) is 11.1 Å². The van der Waals surface area contributed by atoms with E-state index in [1.165, 1.54) is 0 Å². The topological polar surface area (TPSA) is 57.2 Å². The van der Waals surface area contributed by atoms with E-state index < -0.39 is 15.9 Å². The molecule has 13 heavy (non-hydrogen) atoms. The van der Waals surface area contributed by atoms with Gasteiger partial charge in [-0.2, -0.15) is 0 Å². The van der Waals surface area contributed by atoms with E-state index >= 15 is 0 Å². The maximum atomic E-state index is 10.4. The monoisotopic (exact) mass is 219 g/mol. The number of hydrogen-bond acceptors (Lipinski definition) is 3. The Morgan fingerprint density at radius 1 is 1.46 bits per heavy atom. The molecule has 0 radical (unpaired) electrons. The van der Waals surface area contributed by atoms with Crippen molar-refractivity contribution in [3.63, 3.8) is 0 Å². The second-order valence-corrected chi connectivity index (χ2v) is 4.61. The normalized spacial score (nSPS) is 11.6. The third-order valence-electron chi connectivity index (χ3n) is 1.64. The molecule has 0 fully saturated rings. The molecule has 0 aliphatic carbocycles. The minimum Gasteiger partial charge on any atom is -0.748 e. The fourth-order valence-electron chi connectivity index (χ4n) is 1.01. The van der Waals surface area contributed by atoms with Crippen LogP contribution in [0.3, 0.4) is 0 Å². The van der Waals surface area contributed by atoms with E-state index in [-0.39, 0.29) is 0 Å². The first-order chi connectivity index (χ1) is 5.88. The molecule has 0 bridgehead atoms. The van der Waals surface area contributed by atoms with E-state index in [9.17, 15) is 13.0 Å². The van der Waals surface area contributed by atoms with Gasteiger partial charge in [-0.25, -0.2) is 8.42 Å². The minimum atomic E-state index is -4.21. The molecule has 0 aliphatic rings. The molecular formula is C8H8ClO3S-. The van der Waals surface area contributed by atoms with Crippen molar-refractivity contribution in [1.82, 2.24) is 0 Å². The zero-order valence-corrected chi connectivity index (χ0v) is 8.52. The number of halogens is 1. The lowest BCUT2D eigenvalue weighted by Crippen LogP contribution is -2.03. The van der Waals surface area contributed by atoms with Crippen LogP contribution in [0.2, 0.25) is 5.02 Å². The van der Waals surface area contributed by atoms with Crippen molar-refractivity contribution in [2.45, 2.75) is 12.7 Å². The summed E-state index contributed by atoms with van der Waals surface area (Å²) < 4.78 is 31.3. The van der Waals surface area contributed by atoms with Crippen LogP contribution in [0, 0.1) is 6.92 Å². The minimum absolute atomic E-state index is 0.476. The molecule has 72 valence electrons. The smallest absolute Gasteiger partial charge is 0.0988 e. The van der Waals surface area contributed by atoms with Crippen molar-refractivity contribution in [1.29, 1.82) is 0 Å². The summed E-state index contributed by atoms with van der Waals surface area (Å²) in [5.41, 5.74) is 1.21. The van der Waals surface area contributed by atoms with Gasteiger partial charge >= 0.3 is 0 Å². The van der Waals surface area contributed by atoms with Crippen LogP contribution in [0.5, 0.6) is 0 Å². The van der Waals surface area contributed by atoms with E-state index in [0.717, 1.165) is 0 Å². The average molecular weight is 220 g/mol. The Balaban J connectivity index is 3.04. The number of aryl methyl sites for hydroxylation is 1. The third kappa shape index (κ3) is 3.34. The molecule has 0 N–H and O–H groups in total. The van der Waals surface area contributed by atoms with Crippen molar-refractivity contribution in [2.24, 2.45) is 0 Å². The number of hydrogen-bond donors (Lipinski definition) is 0. The van der Waals surface area contributed by atoms with Gasteiger partial charge in [-0.1, -0.05) is 17.7 Å². The fraction of sp³-hybridized carbons (Fsp3) is 0.250. The predicted molar refractivity (Wildman–Crippen MR) is 49.6 cm³/mol. The fourth-order valence-corrected chi connectivity index (χ4v) is 1.94. The summed E-state index contributed by atoms with van der Waals surface area (Å²) in [5.74, 6) is -0.476. The van der Waals surface area contributed by atoms with Crippen LogP contribution >= 0.6 is 11.6 Å². The van der Waals surface area contributed by atoms with Crippen LogP contribution < -0.4 is 0 Å². The largest absolute Gasteiger partial charge is 0.748 e. The Labute approximate surface area is 82.1 Å². The first-order valence-electron chi connectivity index (χ1n) is 3.57. The molecular weight excluding hydrogens is 212 g/mol.